The highest BCUT2D eigenvalue weighted by atomic mass is 79.9. The van der Waals surface area contributed by atoms with Crippen LogP contribution < -0.4 is 0 Å². The predicted octanol–water partition coefficient (Wildman–Crippen LogP) is 2.27. The molecular weight excluding hydrogens is 232 g/mol. The van der Waals surface area contributed by atoms with Crippen LogP contribution in [0.5, 0.6) is 0 Å². The largest absolute Gasteiger partial charge is 0.348 e. The summed E-state index contributed by atoms with van der Waals surface area (Å²) in [5.74, 6) is 2.75. The molecule has 1 aliphatic carbocycles. The van der Waals surface area contributed by atoms with Crippen molar-refractivity contribution in [3.8, 4) is 10.8 Å². The van der Waals surface area contributed by atoms with E-state index in [9.17, 15) is 0 Å². The molecule has 0 aromatic heterocycles. The zero-order chi connectivity index (χ0) is 9.53. The topological polar surface area (TPSA) is 18.5 Å². The summed E-state index contributed by atoms with van der Waals surface area (Å²) < 4.78 is 11.3. The lowest BCUT2D eigenvalue weighted by atomic mass is 10.0. The van der Waals surface area contributed by atoms with Crippen LogP contribution in [0.1, 0.15) is 26.7 Å². The van der Waals surface area contributed by atoms with Gasteiger partial charge in [0, 0.05) is 15.9 Å². The van der Waals surface area contributed by atoms with Crippen molar-refractivity contribution in [2.45, 2.75) is 38.6 Å². The van der Waals surface area contributed by atoms with Gasteiger partial charge in [-0.15, -0.1) is 0 Å². The van der Waals surface area contributed by atoms with E-state index in [-0.39, 0.29) is 11.5 Å². The van der Waals surface area contributed by atoms with Gasteiger partial charge in [0.25, 0.3) is 0 Å². The fourth-order valence-electron chi connectivity index (χ4n) is 1.72. The molecule has 1 atom stereocenters. The maximum absolute atomic E-state index is 5.78. The molecule has 1 heterocycles. The summed E-state index contributed by atoms with van der Waals surface area (Å²) in [5.41, 5.74) is 0.0806. The molecule has 0 amide bonds. The first-order valence-corrected chi connectivity index (χ1v) is 5.32. The van der Waals surface area contributed by atoms with Crippen LogP contribution in [0.25, 0.3) is 0 Å². The summed E-state index contributed by atoms with van der Waals surface area (Å²) >= 11 is 3.14. The summed E-state index contributed by atoms with van der Waals surface area (Å²) in [7, 11) is 0. The summed E-state index contributed by atoms with van der Waals surface area (Å²) in [5, 5.41) is 0. The Morgan fingerprint density at radius 1 is 1.38 bits per heavy atom. The molecule has 13 heavy (non-hydrogen) atoms. The Labute approximate surface area is 87.1 Å². The molecule has 0 bridgehead atoms. The molecule has 2 nitrogen and oxygen atoms in total. The maximum Gasteiger partial charge on any atom is 0.163 e. The standard InChI is InChI=1S/C10H13BrO2/c1-9(2)12-7-8(13-9)10(3-4-10)5-6-11/h8H,3-4,7H2,1-2H3/t8-/m1/s1. The number of rotatable bonds is 1. The molecule has 72 valence electrons. The van der Waals surface area contributed by atoms with Crippen LogP contribution in [0.3, 0.4) is 0 Å². The van der Waals surface area contributed by atoms with Crippen LogP contribution in [0.4, 0.5) is 0 Å². The molecule has 0 radical (unpaired) electrons. The van der Waals surface area contributed by atoms with Crippen LogP contribution >= 0.6 is 15.9 Å². The van der Waals surface area contributed by atoms with Crippen molar-refractivity contribution < 1.29 is 9.47 Å². The molecule has 0 aromatic carbocycles. The minimum absolute atomic E-state index is 0.0806. The Kier molecular flexibility index (Phi) is 2.18. The summed E-state index contributed by atoms with van der Waals surface area (Å²) in [6.45, 7) is 4.57. The minimum atomic E-state index is -0.422. The fourth-order valence-corrected chi connectivity index (χ4v) is 2.11. The highest BCUT2D eigenvalue weighted by Crippen LogP contribution is 2.52. The second kappa shape index (κ2) is 2.98. The van der Waals surface area contributed by atoms with Gasteiger partial charge in [-0.2, -0.15) is 0 Å². The lowest BCUT2D eigenvalue weighted by molar-refractivity contribution is -0.143. The van der Waals surface area contributed by atoms with Crippen molar-refractivity contribution in [3.63, 3.8) is 0 Å². The smallest absolute Gasteiger partial charge is 0.163 e. The molecule has 3 heteroatoms. The van der Waals surface area contributed by atoms with Gasteiger partial charge in [-0.25, -0.2) is 0 Å². The molecule has 2 rings (SSSR count). The molecule has 2 fully saturated rings. The normalized spacial score (nSPS) is 33.6. The summed E-state index contributed by atoms with van der Waals surface area (Å²) in [4.78, 5) is 2.80. The van der Waals surface area contributed by atoms with Gasteiger partial charge in [-0.1, -0.05) is 5.92 Å². The lowest BCUT2D eigenvalue weighted by Gasteiger charge is -2.19. The van der Waals surface area contributed by atoms with Gasteiger partial charge in [-0.3, -0.25) is 0 Å². The molecular formula is C10H13BrO2. The van der Waals surface area contributed by atoms with Gasteiger partial charge in [0.05, 0.1) is 12.0 Å². The maximum atomic E-state index is 5.78. The van der Waals surface area contributed by atoms with Crippen LogP contribution in [0.15, 0.2) is 0 Å². The van der Waals surface area contributed by atoms with Crippen molar-refractivity contribution in [3.05, 3.63) is 0 Å². The van der Waals surface area contributed by atoms with E-state index >= 15 is 0 Å². The number of hydrogen-bond acceptors (Lipinski definition) is 2. The molecule has 0 spiro atoms. The van der Waals surface area contributed by atoms with E-state index in [4.69, 9.17) is 9.47 Å². The molecule has 0 unspecified atom stereocenters. The van der Waals surface area contributed by atoms with Gasteiger partial charge in [0.15, 0.2) is 5.79 Å². The van der Waals surface area contributed by atoms with Gasteiger partial charge < -0.3 is 9.47 Å². The first-order chi connectivity index (χ1) is 6.08. The summed E-state index contributed by atoms with van der Waals surface area (Å²) in [6.07, 6.45) is 2.43. The summed E-state index contributed by atoms with van der Waals surface area (Å²) in [6, 6.07) is 0. The van der Waals surface area contributed by atoms with E-state index in [1.165, 1.54) is 0 Å². The van der Waals surface area contributed by atoms with Gasteiger partial charge in [0.1, 0.15) is 6.10 Å². The van der Waals surface area contributed by atoms with E-state index in [0.717, 1.165) is 12.8 Å². The van der Waals surface area contributed by atoms with Crippen molar-refractivity contribution in [1.29, 1.82) is 0 Å². The Morgan fingerprint density at radius 2 is 2.08 bits per heavy atom. The second-order valence-electron chi connectivity index (χ2n) is 4.19. The van der Waals surface area contributed by atoms with Crippen LogP contribution in [0.2, 0.25) is 0 Å². The number of ether oxygens (including phenoxy) is 2. The van der Waals surface area contributed by atoms with Gasteiger partial charge >= 0.3 is 0 Å². The first-order valence-electron chi connectivity index (χ1n) is 4.53. The van der Waals surface area contributed by atoms with E-state index in [2.05, 4.69) is 26.7 Å². The van der Waals surface area contributed by atoms with Gasteiger partial charge in [-0.05, 0) is 31.5 Å². The third kappa shape index (κ3) is 1.76. The quantitative estimate of drug-likeness (QED) is 0.660. The molecule has 2 aliphatic rings. The van der Waals surface area contributed by atoms with E-state index in [1.807, 2.05) is 13.8 Å². The average molecular weight is 245 g/mol. The molecule has 0 aromatic rings. The van der Waals surface area contributed by atoms with Crippen molar-refractivity contribution >= 4 is 15.9 Å². The monoisotopic (exact) mass is 244 g/mol. The van der Waals surface area contributed by atoms with Crippen LogP contribution in [-0.4, -0.2) is 18.5 Å². The molecule has 1 aliphatic heterocycles. The lowest BCUT2D eigenvalue weighted by Crippen LogP contribution is -2.27. The number of hydrogen-bond donors (Lipinski definition) is 0. The van der Waals surface area contributed by atoms with E-state index in [0.29, 0.717) is 6.61 Å². The zero-order valence-corrected chi connectivity index (χ0v) is 9.48. The van der Waals surface area contributed by atoms with Crippen molar-refractivity contribution in [1.82, 2.24) is 0 Å². The van der Waals surface area contributed by atoms with E-state index < -0.39 is 5.79 Å². The first kappa shape index (κ1) is 9.51. The van der Waals surface area contributed by atoms with Crippen LogP contribution in [0, 0.1) is 16.2 Å². The fraction of sp³-hybridized carbons (Fsp3) is 0.800. The highest BCUT2D eigenvalue weighted by Gasteiger charge is 2.53. The third-order valence-electron chi connectivity index (χ3n) is 2.71. The van der Waals surface area contributed by atoms with Gasteiger partial charge in [0.2, 0.25) is 0 Å². The molecule has 1 saturated heterocycles. The SMILES string of the molecule is CC1(C)OC[C@H](C2(C#CBr)CC2)O1. The Balaban J connectivity index is 2.06. The Morgan fingerprint density at radius 3 is 2.46 bits per heavy atom. The zero-order valence-electron chi connectivity index (χ0n) is 7.89. The van der Waals surface area contributed by atoms with Crippen molar-refractivity contribution in [2.24, 2.45) is 5.41 Å². The molecule has 0 N–H and O–H groups in total. The second-order valence-corrected chi connectivity index (χ2v) is 4.59. The highest BCUT2D eigenvalue weighted by molar-refractivity contribution is 9.12. The van der Waals surface area contributed by atoms with Crippen LogP contribution in [-0.2, 0) is 9.47 Å². The average Bonchev–Trinajstić information content (AvgIpc) is 2.72. The predicted molar refractivity (Wildman–Crippen MR) is 53.3 cm³/mol. The number of halogens is 1. The third-order valence-corrected chi connectivity index (χ3v) is 2.91. The minimum Gasteiger partial charge on any atom is -0.348 e. The van der Waals surface area contributed by atoms with Crippen molar-refractivity contribution in [2.75, 3.05) is 6.61 Å². The molecule has 1 saturated carbocycles. The Bertz CT molecular complexity index is 270. The van der Waals surface area contributed by atoms with E-state index in [1.54, 1.807) is 0 Å². The Hall–Kier alpha value is -0.0400.